The summed E-state index contributed by atoms with van der Waals surface area (Å²) in [6, 6.07) is 21.3. The zero-order valence-corrected chi connectivity index (χ0v) is 23.6. The van der Waals surface area contributed by atoms with Crippen LogP contribution in [0.25, 0.3) is 0 Å². The van der Waals surface area contributed by atoms with Crippen LogP contribution in [0.3, 0.4) is 0 Å². The molecular formula is C30H35N3O6S. The fourth-order valence-corrected chi connectivity index (χ4v) is 5.93. The third kappa shape index (κ3) is 6.74. The highest BCUT2D eigenvalue weighted by Crippen LogP contribution is 2.36. The second-order valence-electron chi connectivity index (χ2n) is 9.38. The van der Waals surface area contributed by atoms with Gasteiger partial charge < -0.3 is 19.7 Å². The molecule has 1 aliphatic rings. The number of nitrogens with zero attached hydrogens (tertiary/aromatic N) is 2. The molecule has 1 atom stereocenters. The Hall–Kier alpha value is -4.05. The fraction of sp³-hybridized carbons (Fsp3) is 0.333. The maximum atomic E-state index is 14.1. The summed E-state index contributed by atoms with van der Waals surface area (Å²) in [4.78, 5) is 28.7. The lowest BCUT2D eigenvalue weighted by molar-refractivity contribution is -0.140. The van der Waals surface area contributed by atoms with Crippen LogP contribution in [0.1, 0.15) is 32.3 Å². The van der Waals surface area contributed by atoms with Crippen molar-refractivity contribution in [3.05, 3.63) is 84.4 Å². The Morgan fingerprint density at radius 2 is 1.55 bits per heavy atom. The molecule has 0 aliphatic carbocycles. The van der Waals surface area contributed by atoms with E-state index in [2.05, 4.69) is 5.32 Å². The third-order valence-corrected chi connectivity index (χ3v) is 8.34. The van der Waals surface area contributed by atoms with Crippen molar-refractivity contribution < 1.29 is 27.5 Å². The molecule has 9 nitrogen and oxygen atoms in total. The molecule has 0 spiro atoms. The second kappa shape index (κ2) is 13.3. The van der Waals surface area contributed by atoms with Gasteiger partial charge in [-0.2, -0.15) is 0 Å². The van der Waals surface area contributed by atoms with Crippen molar-refractivity contribution in [3.63, 3.8) is 0 Å². The first-order valence-electron chi connectivity index (χ1n) is 13.4. The minimum atomic E-state index is -4.16. The van der Waals surface area contributed by atoms with Gasteiger partial charge in [0, 0.05) is 19.2 Å². The highest BCUT2D eigenvalue weighted by molar-refractivity contribution is 7.92. The predicted molar refractivity (Wildman–Crippen MR) is 153 cm³/mol. The van der Waals surface area contributed by atoms with Gasteiger partial charge in [0.2, 0.25) is 11.8 Å². The summed E-state index contributed by atoms with van der Waals surface area (Å²) in [6.45, 7) is 4.63. The van der Waals surface area contributed by atoms with E-state index in [1.807, 2.05) is 44.2 Å². The monoisotopic (exact) mass is 565 g/mol. The molecule has 3 aromatic carbocycles. The molecule has 1 aliphatic heterocycles. The van der Waals surface area contributed by atoms with Crippen LogP contribution in [0.2, 0.25) is 0 Å². The number of fused-ring (bicyclic) bond motifs is 1. The summed E-state index contributed by atoms with van der Waals surface area (Å²) in [6.07, 6.45) is 1.12. The van der Waals surface area contributed by atoms with Crippen LogP contribution in [-0.2, 0) is 26.2 Å². The first-order valence-corrected chi connectivity index (χ1v) is 14.9. The molecule has 1 heterocycles. The first-order chi connectivity index (χ1) is 19.3. The van der Waals surface area contributed by atoms with Crippen LogP contribution in [0.4, 0.5) is 5.69 Å². The minimum Gasteiger partial charge on any atom is -0.486 e. The molecule has 4 rings (SSSR count). The lowest BCUT2D eigenvalue weighted by atomic mass is 10.1. The number of carbonyl (C=O) groups is 2. The Kier molecular flexibility index (Phi) is 9.65. The summed E-state index contributed by atoms with van der Waals surface area (Å²) < 4.78 is 40.2. The summed E-state index contributed by atoms with van der Waals surface area (Å²) in [5.74, 6) is 0.126. The maximum absolute atomic E-state index is 14.1. The Morgan fingerprint density at radius 3 is 2.20 bits per heavy atom. The maximum Gasteiger partial charge on any atom is 0.264 e. The van der Waals surface area contributed by atoms with E-state index in [4.69, 9.17) is 9.47 Å². The van der Waals surface area contributed by atoms with Crippen LogP contribution in [0.5, 0.6) is 11.5 Å². The van der Waals surface area contributed by atoms with E-state index >= 15 is 0 Å². The number of hydrogen-bond donors (Lipinski definition) is 1. The lowest BCUT2D eigenvalue weighted by Gasteiger charge is -2.33. The van der Waals surface area contributed by atoms with Gasteiger partial charge in [-0.15, -0.1) is 0 Å². The zero-order valence-electron chi connectivity index (χ0n) is 22.8. The van der Waals surface area contributed by atoms with Crippen molar-refractivity contribution >= 4 is 27.5 Å². The van der Waals surface area contributed by atoms with Gasteiger partial charge in [-0.3, -0.25) is 13.9 Å². The van der Waals surface area contributed by atoms with Crippen LogP contribution in [0.15, 0.2) is 83.8 Å². The molecule has 40 heavy (non-hydrogen) atoms. The Bertz CT molecular complexity index is 1400. The zero-order chi connectivity index (χ0) is 28.5. The third-order valence-electron chi connectivity index (χ3n) is 6.55. The molecule has 0 saturated carbocycles. The topological polar surface area (TPSA) is 105 Å². The molecule has 1 N–H and O–H groups in total. The number of hydrogen-bond acceptors (Lipinski definition) is 6. The van der Waals surface area contributed by atoms with E-state index in [1.54, 1.807) is 36.4 Å². The molecular weight excluding hydrogens is 530 g/mol. The fourth-order valence-electron chi connectivity index (χ4n) is 4.50. The van der Waals surface area contributed by atoms with Crippen molar-refractivity contribution in [3.8, 4) is 11.5 Å². The van der Waals surface area contributed by atoms with E-state index in [9.17, 15) is 18.0 Å². The molecule has 0 aromatic heterocycles. The van der Waals surface area contributed by atoms with Crippen molar-refractivity contribution in [1.29, 1.82) is 0 Å². The van der Waals surface area contributed by atoms with Gasteiger partial charge in [0.1, 0.15) is 25.8 Å². The number of nitrogens with one attached hydrogen (secondary N) is 1. The lowest BCUT2D eigenvalue weighted by Crippen LogP contribution is -2.52. The molecule has 0 saturated heterocycles. The number of benzene rings is 3. The molecule has 1 unspecified atom stereocenters. The van der Waals surface area contributed by atoms with Gasteiger partial charge in [-0.25, -0.2) is 8.42 Å². The molecule has 0 fully saturated rings. The van der Waals surface area contributed by atoms with E-state index in [0.717, 1.165) is 16.3 Å². The van der Waals surface area contributed by atoms with E-state index in [1.165, 1.54) is 17.0 Å². The van der Waals surface area contributed by atoms with Crippen molar-refractivity contribution in [2.75, 3.05) is 30.6 Å². The number of amides is 2. The molecule has 0 bridgehead atoms. The SMILES string of the molecule is CCCNC(=O)C(CC)N(Cc1ccccc1)C(=O)CN(c1ccc2c(c1)OCCO2)S(=O)(=O)c1ccccc1. The van der Waals surface area contributed by atoms with Gasteiger partial charge in [0.15, 0.2) is 11.5 Å². The number of rotatable bonds is 12. The predicted octanol–water partition coefficient (Wildman–Crippen LogP) is 3.99. The molecule has 10 heteroatoms. The summed E-state index contributed by atoms with van der Waals surface area (Å²) >= 11 is 0. The van der Waals surface area contributed by atoms with E-state index in [-0.39, 0.29) is 23.0 Å². The highest BCUT2D eigenvalue weighted by atomic mass is 32.2. The number of ether oxygens (including phenoxy) is 2. The van der Waals surface area contributed by atoms with Crippen LogP contribution >= 0.6 is 0 Å². The first kappa shape index (κ1) is 28.9. The summed E-state index contributed by atoms with van der Waals surface area (Å²) in [5, 5.41) is 2.88. The molecule has 2 amide bonds. The highest BCUT2D eigenvalue weighted by Gasteiger charge is 2.34. The van der Waals surface area contributed by atoms with Crippen LogP contribution in [0, 0.1) is 0 Å². The molecule has 3 aromatic rings. The van der Waals surface area contributed by atoms with Gasteiger partial charge in [0.25, 0.3) is 10.0 Å². The van der Waals surface area contributed by atoms with E-state index in [0.29, 0.717) is 37.7 Å². The Balaban J connectivity index is 1.73. The molecule has 0 radical (unpaired) electrons. The summed E-state index contributed by atoms with van der Waals surface area (Å²) in [7, 11) is -4.16. The molecule has 212 valence electrons. The van der Waals surface area contributed by atoms with Crippen LogP contribution < -0.4 is 19.1 Å². The average Bonchev–Trinajstić information content (AvgIpc) is 2.99. The smallest absolute Gasteiger partial charge is 0.264 e. The van der Waals surface area contributed by atoms with Crippen molar-refractivity contribution in [1.82, 2.24) is 10.2 Å². The number of anilines is 1. The van der Waals surface area contributed by atoms with Crippen LogP contribution in [-0.4, -0.2) is 57.5 Å². The quantitative estimate of drug-likeness (QED) is 0.356. The minimum absolute atomic E-state index is 0.0417. The van der Waals surface area contributed by atoms with Crippen molar-refractivity contribution in [2.24, 2.45) is 0 Å². The van der Waals surface area contributed by atoms with Gasteiger partial charge in [-0.1, -0.05) is 62.4 Å². The van der Waals surface area contributed by atoms with E-state index < -0.39 is 28.5 Å². The average molecular weight is 566 g/mol. The standard InChI is InChI=1S/C30H35N3O6S/c1-3-17-31-30(35)26(4-2)32(21-23-11-7-5-8-12-23)29(34)22-33(40(36,37)25-13-9-6-10-14-25)24-15-16-27-28(20-24)39-19-18-38-27/h5-16,20,26H,3-4,17-19,21-22H2,1-2H3,(H,31,35). The van der Waals surface area contributed by atoms with Gasteiger partial charge >= 0.3 is 0 Å². The summed E-state index contributed by atoms with van der Waals surface area (Å²) in [5.41, 5.74) is 1.08. The van der Waals surface area contributed by atoms with Gasteiger partial charge in [0.05, 0.1) is 10.6 Å². The number of carbonyl (C=O) groups excluding carboxylic acids is 2. The van der Waals surface area contributed by atoms with Crippen molar-refractivity contribution in [2.45, 2.75) is 44.2 Å². The Labute approximate surface area is 235 Å². The Morgan fingerprint density at radius 1 is 0.900 bits per heavy atom. The van der Waals surface area contributed by atoms with Gasteiger partial charge in [-0.05, 0) is 42.7 Å². The largest absolute Gasteiger partial charge is 0.486 e. The second-order valence-corrected chi connectivity index (χ2v) is 11.2. The normalized spacial score (nSPS) is 13.2. The number of sulfonamides is 1.